The smallest absolute Gasteiger partial charge is 0.416 e. The summed E-state index contributed by atoms with van der Waals surface area (Å²) in [5.74, 6) is -0.447. The first-order valence-corrected chi connectivity index (χ1v) is 12.6. The maximum Gasteiger partial charge on any atom is 0.416 e. The van der Waals surface area contributed by atoms with Gasteiger partial charge in [-0.25, -0.2) is 0 Å². The van der Waals surface area contributed by atoms with Crippen LogP contribution in [0, 0.1) is 0 Å². The molecule has 0 spiro atoms. The third-order valence-corrected chi connectivity index (χ3v) is 7.92. The summed E-state index contributed by atoms with van der Waals surface area (Å²) < 4.78 is 49.4. The number of halogens is 4. The molecule has 2 aromatic carbocycles. The highest BCUT2D eigenvalue weighted by molar-refractivity contribution is 6.36. The van der Waals surface area contributed by atoms with E-state index in [0.29, 0.717) is 35.0 Å². The van der Waals surface area contributed by atoms with Crippen LogP contribution in [0.5, 0.6) is 5.75 Å². The molecule has 2 heterocycles. The molecule has 192 valence electrons. The number of carboxylic acid groups (broad SMARTS) is 1. The normalized spacial score (nSPS) is 19.1. The minimum Gasteiger partial charge on any atom is -0.489 e. The van der Waals surface area contributed by atoms with E-state index in [0.717, 1.165) is 42.3 Å². The summed E-state index contributed by atoms with van der Waals surface area (Å²) in [5, 5.41) is 10.6. The molecule has 1 fully saturated rings. The van der Waals surface area contributed by atoms with Gasteiger partial charge in [0.25, 0.3) is 0 Å². The molecule has 5 rings (SSSR count). The van der Waals surface area contributed by atoms with Crippen molar-refractivity contribution in [3.63, 3.8) is 0 Å². The van der Waals surface area contributed by atoms with E-state index in [1.54, 1.807) is 24.3 Å². The molecule has 1 unspecified atom stereocenters. The number of fused-ring (bicyclic) bond motifs is 3. The van der Waals surface area contributed by atoms with Crippen LogP contribution in [0.4, 0.5) is 13.2 Å². The first-order chi connectivity index (χ1) is 17.1. The lowest BCUT2D eigenvalue weighted by Gasteiger charge is -2.33. The Morgan fingerprint density at radius 2 is 1.89 bits per heavy atom. The fourth-order valence-corrected chi connectivity index (χ4v) is 6.09. The topological polar surface area (TPSA) is 54.7 Å². The highest BCUT2D eigenvalue weighted by Gasteiger charge is 2.36. The van der Waals surface area contributed by atoms with Crippen LogP contribution in [0.1, 0.15) is 66.4 Å². The quantitative estimate of drug-likeness (QED) is 0.380. The number of aromatic nitrogens is 1. The fourth-order valence-electron chi connectivity index (χ4n) is 5.71. The van der Waals surface area contributed by atoms with E-state index in [9.17, 15) is 23.1 Å². The van der Waals surface area contributed by atoms with Gasteiger partial charge in [0.1, 0.15) is 12.4 Å². The van der Waals surface area contributed by atoms with Gasteiger partial charge in [-0.3, -0.25) is 9.69 Å². The van der Waals surface area contributed by atoms with Gasteiger partial charge in [-0.2, -0.15) is 13.2 Å². The van der Waals surface area contributed by atoms with Crippen molar-refractivity contribution in [3.05, 3.63) is 63.8 Å². The molecular formula is C27H28ClF3N2O3. The molecule has 1 saturated carbocycles. The second kappa shape index (κ2) is 9.63. The third-order valence-electron chi connectivity index (χ3n) is 7.53. The molecule has 1 aliphatic carbocycles. The summed E-state index contributed by atoms with van der Waals surface area (Å²) >= 11 is 6.74. The molecule has 0 amide bonds. The number of ether oxygens (including phenoxy) is 1. The molecule has 1 aromatic heterocycles. The highest BCUT2D eigenvalue weighted by atomic mass is 35.5. The molecule has 36 heavy (non-hydrogen) atoms. The van der Waals surface area contributed by atoms with Crippen LogP contribution in [-0.4, -0.2) is 34.1 Å². The third kappa shape index (κ3) is 4.68. The van der Waals surface area contributed by atoms with Crippen molar-refractivity contribution >= 4 is 28.5 Å². The van der Waals surface area contributed by atoms with E-state index in [-0.39, 0.29) is 25.0 Å². The molecule has 1 atom stereocenters. The van der Waals surface area contributed by atoms with Crippen molar-refractivity contribution in [1.82, 2.24) is 9.47 Å². The van der Waals surface area contributed by atoms with Crippen LogP contribution < -0.4 is 4.74 Å². The van der Waals surface area contributed by atoms with E-state index < -0.39 is 17.7 Å². The SMILES string of the molecule is CN1CCn2c(c(Cl)c3cc(OCc4ccc(C5CCCC5)c(C(F)(F)F)c4)ccc32)C1CC(=O)O. The van der Waals surface area contributed by atoms with E-state index in [1.165, 1.54) is 6.07 Å². The molecule has 1 N–H and O–H groups in total. The van der Waals surface area contributed by atoms with Gasteiger partial charge in [0.15, 0.2) is 0 Å². The molecule has 0 saturated heterocycles. The van der Waals surface area contributed by atoms with Crippen molar-refractivity contribution in [3.8, 4) is 5.75 Å². The predicted molar refractivity (Wildman–Crippen MR) is 132 cm³/mol. The van der Waals surface area contributed by atoms with Crippen molar-refractivity contribution in [1.29, 1.82) is 0 Å². The Morgan fingerprint density at radius 1 is 1.14 bits per heavy atom. The van der Waals surface area contributed by atoms with E-state index in [4.69, 9.17) is 16.3 Å². The second-order valence-corrected chi connectivity index (χ2v) is 10.2. The van der Waals surface area contributed by atoms with Crippen LogP contribution in [0.3, 0.4) is 0 Å². The Morgan fingerprint density at radius 3 is 2.58 bits per heavy atom. The van der Waals surface area contributed by atoms with Crippen LogP contribution in [0.25, 0.3) is 10.9 Å². The van der Waals surface area contributed by atoms with Crippen LogP contribution in [0.15, 0.2) is 36.4 Å². The summed E-state index contributed by atoms with van der Waals surface area (Å²) in [6, 6.07) is 9.61. The maximum atomic E-state index is 13.8. The van der Waals surface area contributed by atoms with Gasteiger partial charge in [-0.1, -0.05) is 36.6 Å². The molecule has 9 heteroatoms. The zero-order valence-electron chi connectivity index (χ0n) is 19.9. The predicted octanol–water partition coefficient (Wildman–Crippen LogP) is 7.01. The number of aliphatic carboxylic acids is 1. The second-order valence-electron chi connectivity index (χ2n) is 9.81. The lowest BCUT2D eigenvalue weighted by atomic mass is 9.91. The fraction of sp³-hybridized carbons (Fsp3) is 0.444. The summed E-state index contributed by atoms with van der Waals surface area (Å²) in [4.78, 5) is 13.4. The summed E-state index contributed by atoms with van der Waals surface area (Å²) in [6.07, 6.45) is -0.946. The Labute approximate surface area is 212 Å². The van der Waals surface area contributed by atoms with Crippen LogP contribution in [-0.2, 0) is 24.1 Å². The number of carboxylic acids is 1. The van der Waals surface area contributed by atoms with Gasteiger partial charge in [-0.05, 0) is 61.2 Å². The Hall–Kier alpha value is -2.71. The number of carbonyl (C=O) groups is 1. The number of hydrogen-bond donors (Lipinski definition) is 1. The van der Waals surface area contributed by atoms with Crippen LogP contribution in [0.2, 0.25) is 5.02 Å². The van der Waals surface area contributed by atoms with Gasteiger partial charge in [0.2, 0.25) is 0 Å². The molecule has 2 aliphatic rings. The van der Waals surface area contributed by atoms with Crippen molar-refractivity contribution in [2.45, 2.75) is 63.4 Å². The van der Waals surface area contributed by atoms with E-state index in [2.05, 4.69) is 0 Å². The lowest BCUT2D eigenvalue weighted by Crippen LogP contribution is -2.36. The number of rotatable bonds is 6. The summed E-state index contributed by atoms with van der Waals surface area (Å²) in [7, 11) is 1.88. The number of hydrogen-bond acceptors (Lipinski definition) is 3. The molecule has 1 aliphatic heterocycles. The lowest BCUT2D eigenvalue weighted by molar-refractivity contribution is -0.139. The number of likely N-dealkylation sites (N-methyl/N-ethyl adjacent to an activating group) is 1. The average Bonchev–Trinajstić information content (AvgIpc) is 3.46. The molecule has 3 aromatic rings. The van der Waals surface area contributed by atoms with Gasteiger partial charge >= 0.3 is 12.1 Å². The van der Waals surface area contributed by atoms with Crippen molar-refractivity contribution < 1.29 is 27.8 Å². The summed E-state index contributed by atoms with van der Waals surface area (Å²) in [6.45, 7) is 1.37. The summed E-state index contributed by atoms with van der Waals surface area (Å²) in [5.41, 5.74) is 1.91. The van der Waals surface area contributed by atoms with Gasteiger partial charge in [-0.15, -0.1) is 0 Å². The minimum absolute atomic E-state index is 0.00487. The molecule has 5 nitrogen and oxygen atoms in total. The zero-order valence-corrected chi connectivity index (χ0v) is 20.7. The monoisotopic (exact) mass is 520 g/mol. The van der Waals surface area contributed by atoms with Crippen molar-refractivity contribution in [2.75, 3.05) is 13.6 Å². The van der Waals surface area contributed by atoms with Gasteiger partial charge in [0.05, 0.1) is 34.3 Å². The largest absolute Gasteiger partial charge is 0.489 e. The Kier molecular flexibility index (Phi) is 6.68. The number of benzene rings is 2. The Bertz CT molecular complexity index is 1300. The highest BCUT2D eigenvalue weighted by Crippen LogP contribution is 2.43. The standard InChI is InChI=1S/C27H28ClF3N2O3/c1-32-10-11-33-22-9-7-18(13-20(22)25(28)26(33)23(32)14-24(34)35)36-15-16-6-8-19(17-4-2-3-5-17)21(12-16)27(29,30)31/h6-9,12-13,17,23H,2-5,10-11,14-15H2,1H3,(H,34,35). The molecular weight excluding hydrogens is 493 g/mol. The minimum atomic E-state index is -4.41. The van der Waals surface area contributed by atoms with Crippen LogP contribution >= 0.6 is 11.6 Å². The first-order valence-electron chi connectivity index (χ1n) is 12.2. The number of nitrogens with zero attached hydrogens (tertiary/aromatic N) is 2. The average molecular weight is 521 g/mol. The van der Waals surface area contributed by atoms with Crippen molar-refractivity contribution in [2.24, 2.45) is 0 Å². The van der Waals surface area contributed by atoms with E-state index in [1.807, 2.05) is 22.6 Å². The van der Waals surface area contributed by atoms with Gasteiger partial charge in [0, 0.05) is 18.5 Å². The molecule has 0 radical (unpaired) electrons. The molecule has 0 bridgehead atoms. The number of alkyl halides is 3. The zero-order chi connectivity index (χ0) is 25.6. The first kappa shape index (κ1) is 25.0. The Balaban J connectivity index is 1.41. The van der Waals surface area contributed by atoms with Gasteiger partial charge < -0.3 is 14.4 Å². The van der Waals surface area contributed by atoms with E-state index >= 15 is 0 Å². The maximum absolute atomic E-state index is 13.8.